The lowest BCUT2D eigenvalue weighted by Crippen LogP contribution is -2.36. The van der Waals surface area contributed by atoms with E-state index >= 15 is 0 Å². The normalized spacial score (nSPS) is 10.5. The summed E-state index contributed by atoms with van der Waals surface area (Å²) < 4.78 is 6.03. The maximum atomic E-state index is 12.1. The first kappa shape index (κ1) is 22.0. The smallest absolute Gasteiger partial charge is 0.316 e. The number of nitro groups is 2. The summed E-state index contributed by atoms with van der Waals surface area (Å²) in [7, 11) is 0. The van der Waals surface area contributed by atoms with Gasteiger partial charge in [-0.3, -0.25) is 34.5 Å². The number of nitrogens with one attached hydrogen (secondary N) is 2. The monoisotopic (exact) mass is 444 g/mol. The number of hydrogen-bond acceptors (Lipinski definition) is 10. The lowest BCUT2D eigenvalue weighted by Gasteiger charge is -2.05. The highest BCUT2D eigenvalue weighted by molar-refractivity contribution is 5.90. The predicted octanol–water partition coefficient (Wildman–Crippen LogP) is 0.604. The zero-order chi connectivity index (χ0) is 23.3. The molecule has 0 spiro atoms. The van der Waals surface area contributed by atoms with Gasteiger partial charge in [-0.2, -0.15) is 10.1 Å². The molecule has 0 aliphatic heterocycles. The van der Waals surface area contributed by atoms with Gasteiger partial charge in [0.25, 0.3) is 5.69 Å². The minimum atomic E-state index is -0.691. The van der Waals surface area contributed by atoms with E-state index in [1.165, 1.54) is 19.1 Å². The fourth-order valence-electron chi connectivity index (χ4n) is 2.68. The Morgan fingerprint density at radius 1 is 1.16 bits per heavy atom. The molecule has 2 amide bonds. The number of hydrogen-bond donors (Lipinski definition) is 2. The SMILES string of the molecule is Cc1c(-c2noc(C(=O)NCCNC(=O)Cn3cc([N+](=O)[O-])cn3)n2)cccc1[N+](=O)[O-]. The molecule has 0 fully saturated rings. The molecule has 15 nitrogen and oxygen atoms in total. The van der Waals surface area contributed by atoms with E-state index in [9.17, 15) is 29.8 Å². The maximum Gasteiger partial charge on any atom is 0.316 e. The second-order valence-corrected chi connectivity index (χ2v) is 6.39. The van der Waals surface area contributed by atoms with Crippen LogP contribution in [0.1, 0.15) is 16.2 Å². The van der Waals surface area contributed by atoms with Crippen molar-refractivity contribution in [3.63, 3.8) is 0 Å². The molecule has 0 radical (unpaired) electrons. The van der Waals surface area contributed by atoms with Crippen LogP contribution in [0.3, 0.4) is 0 Å². The zero-order valence-corrected chi connectivity index (χ0v) is 16.5. The van der Waals surface area contributed by atoms with Crippen molar-refractivity contribution in [2.24, 2.45) is 0 Å². The van der Waals surface area contributed by atoms with Crippen LogP contribution >= 0.6 is 0 Å². The van der Waals surface area contributed by atoms with Crippen LogP contribution in [-0.4, -0.2) is 54.7 Å². The average molecular weight is 444 g/mol. The number of nitrogens with zero attached hydrogens (tertiary/aromatic N) is 6. The highest BCUT2D eigenvalue weighted by atomic mass is 16.6. The van der Waals surface area contributed by atoms with E-state index in [0.29, 0.717) is 11.1 Å². The molecule has 0 aliphatic carbocycles. The first-order valence-corrected chi connectivity index (χ1v) is 9.06. The number of aromatic nitrogens is 4. The second kappa shape index (κ2) is 9.41. The fourth-order valence-corrected chi connectivity index (χ4v) is 2.68. The third-order valence-corrected chi connectivity index (χ3v) is 4.23. The van der Waals surface area contributed by atoms with Crippen molar-refractivity contribution >= 4 is 23.2 Å². The fraction of sp³-hybridized carbons (Fsp3) is 0.235. The van der Waals surface area contributed by atoms with Gasteiger partial charge in [0.1, 0.15) is 18.9 Å². The van der Waals surface area contributed by atoms with Crippen molar-refractivity contribution in [3.8, 4) is 11.4 Å². The van der Waals surface area contributed by atoms with Crippen LogP contribution in [0, 0.1) is 27.2 Å². The van der Waals surface area contributed by atoms with Crippen molar-refractivity contribution in [2.45, 2.75) is 13.5 Å². The number of benzene rings is 1. The van der Waals surface area contributed by atoms with E-state index in [2.05, 4.69) is 25.9 Å². The lowest BCUT2D eigenvalue weighted by molar-refractivity contribution is -0.385. The first-order chi connectivity index (χ1) is 15.3. The van der Waals surface area contributed by atoms with Gasteiger partial charge in [-0.25, -0.2) is 0 Å². The van der Waals surface area contributed by atoms with E-state index < -0.39 is 21.7 Å². The summed E-state index contributed by atoms with van der Waals surface area (Å²) >= 11 is 0. The molecule has 0 bridgehead atoms. The van der Waals surface area contributed by atoms with E-state index in [-0.39, 0.29) is 42.7 Å². The lowest BCUT2D eigenvalue weighted by atomic mass is 10.1. The summed E-state index contributed by atoms with van der Waals surface area (Å²) in [6.07, 6.45) is 2.15. The molecule has 166 valence electrons. The Labute approximate surface area is 178 Å². The Hall–Kier alpha value is -4.69. The van der Waals surface area contributed by atoms with Gasteiger partial charge in [-0.1, -0.05) is 17.3 Å². The Bertz CT molecular complexity index is 1190. The molecule has 32 heavy (non-hydrogen) atoms. The summed E-state index contributed by atoms with van der Waals surface area (Å²) in [5, 5.41) is 34.0. The molecule has 0 aliphatic rings. The molecule has 2 aromatic heterocycles. The molecule has 0 unspecified atom stereocenters. The minimum Gasteiger partial charge on any atom is -0.353 e. The van der Waals surface area contributed by atoms with Crippen LogP contribution in [0.4, 0.5) is 11.4 Å². The third-order valence-electron chi connectivity index (χ3n) is 4.23. The number of carbonyl (C=O) groups excluding carboxylic acids is 2. The van der Waals surface area contributed by atoms with Gasteiger partial charge in [0.05, 0.1) is 9.85 Å². The van der Waals surface area contributed by atoms with Gasteiger partial charge in [0, 0.05) is 30.3 Å². The second-order valence-electron chi connectivity index (χ2n) is 6.39. The van der Waals surface area contributed by atoms with Gasteiger partial charge < -0.3 is 15.2 Å². The van der Waals surface area contributed by atoms with Gasteiger partial charge in [0.15, 0.2) is 0 Å². The number of nitro benzene ring substituents is 1. The molecule has 15 heteroatoms. The van der Waals surface area contributed by atoms with Crippen molar-refractivity contribution in [2.75, 3.05) is 13.1 Å². The average Bonchev–Trinajstić information content (AvgIpc) is 3.41. The largest absolute Gasteiger partial charge is 0.353 e. The molecule has 1 aromatic carbocycles. The quantitative estimate of drug-likeness (QED) is 0.267. The molecule has 3 aromatic rings. The van der Waals surface area contributed by atoms with Crippen molar-refractivity contribution in [1.29, 1.82) is 0 Å². The van der Waals surface area contributed by atoms with Crippen LogP contribution in [0.5, 0.6) is 0 Å². The van der Waals surface area contributed by atoms with Crippen LogP contribution in [-0.2, 0) is 11.3 Å². The van der Waals surface area contributed by atoms with Crippen LogP contribution < -0.4 is 10.6 Å². The topological polar surface area (TPSA) is 201 Å². The Morgan fingerprint density at radius 3 is 2.59 bits per heavy atom. The molecule has 2 N–H and O–H groups in total. The molecule has 0 saturated heterocycles. The Kier molecular flexibility index (Phi) is 6.47. The van der Waals surface area contributed by atoms with E-state index in [0.717, 1.165) is 17.1 Å². The van der Waals surface area contributed by atoms with Crippen molar-refractivity contribution < 1.29 is 24.0 Å². The summed E-state index contributed by atoms with van der Waals surface area (Å²) in [5.74, 6) is -1.47. The van der Waals surface area contributed by atoms with E-state index in [1.54, 1.807) is 6.07 Å². The number of amides is 2. The predicted molar refractivity (Wildman–Crippen MR) is 105 cm³/mol. The highest BCUT2D eigenvalue weighted by Gasteiger charge is 2.20. The van der Waals surface area contributed by atoms with Crippen LogP contribution in [0.2, 0.25) is 0 Å². The van der Waals surface area contributed by atoms with Crippen molar-refractivity contribution in [3.05, 3.63) is 62.3 Å². The molecular weight excluding hydrogens is 428 g/mol. The summed E-state index contributed by atoms with van der Waals surface area (Å²) in [6.45, 7) is 1.42. The van der Waals surface area contributed by atoms with Crippen LogP contribution in [0.25, 0.3) is 11.4 Å². The standard InChI is InChI=1S/C17H16N8O7/c1-10-12(3-2-4-13(10)25(30)31)15-21-17(32-22-15)16(27)19-6-5-18-14(26)9-23-8-11(7-20-23)24(28)29/h2-4,7-8H,5-6,9H2,1H3,(H,18,26)(H,19,27). The zero-order valence-electron chi connectivity index (χ0n) is 16.5. The van der Waals surface area contributed by atoms with Gasteiger partial charge in [-0.15, -0.1) is 0 Å². The van der Waals surface area contributed by atoms with Gasteiger partial charge >= 0.3 is 17.5 Å². The molecular formula is C17H16N8O7. The number of carbonyl (C=O) groups is 2. The van der Waals surface area contributed by atoms with Crippen molar-refractivity contribution in [1.82, 2.24) is 30.6 Å². The highest BCUT2D eigenvalue weighted by Crippen LogP contribution is 2.27. The molecule has 3 rings (SSSR count). The minimum absolute atomic E-state index is 0.0259. The Morgan fingerprint density at radius 2 is 1.91 bits per heavy atom. The van der Waals surface area contributed by atoms with E-state index in [4.69, 9.17) is 4.52 Å². The summed E-state index contributed by atoms with van der Waals surface area (Å²) in [5.41, 5.74) is 0.339. The number of rotatable bonds is 9. The summed E-state index contributed by atoms with van der Waals surface area (Å²) in [6, 6.07) is 4.38. The third kappa shape index (κ3) is 5.07. The van der Waals surface area contributed by atoms with E-state index in [1.807, 2.05) is 0 Å². The van der Waals surface area contributed by atoms with Gasteiger partial charge in [-0.05, 0) is 6.92 Å². The Balaban J connectivity index is 1.49. The van der Waals surface area contributed by atoms with Crippen LogP contribution in [0.15, 0.2) is 35.1 Å². The maximum absolute atomic E-state index is 12.1. The first-order valence-electron chi connectivity index (χ1n) is 9.06. The molecule has 2 heterocycles. The molecule has 0 atom stereocenters. The summed E-state index contributed by atoms with van der Waals surface area (Å²) in [4.78, 5) is 48.4. The van der Waals surface area contributed by atoms with Gasteiger partial charge in [0.2, 0.25) is 11.7 Å². The molecule has 0 saturated carbocycles.